The standard InChI is InChI=1S/C6H7N3O4/c1-12-5-7-3(4(10)11)8-6(9-5)13-2/h1-2H3,(H,10,11). The van der Waals surface area contributed by atoms with E-state index in [2.05, 4.69) is 24.4 Å². The molecule has 0 saturated carbocycles. The van der Waals surface area contributed by atoms with Crippen LogP contribution in [0.4, 0.5) is 0 Å². The predicted octanol–water partition coefficient (Wildman–Crippen LogP) is -0.413. The van der Waals surface area contributed by atoms with E-state index >= 15 is 0 Å². The first-order chi connectivity index (χ1) is 6.17. The van der Waals surface area contributed by atoms with Crippen LogP contribution in [0.5, 0.6) is 12.0 Å². The van der Waals surface area contributed by atoms with Gasteiger partial charge in [0, 0.05) is 0 Å². The summed E-state index contributed by atoms with van der Waals surface area (Å²) in [5, 5.41) is 8.56. The number of aromatic nitrogens is 3. The zero-order valence-corrected chi connectivity index (χ0v) is 7.01. The van der Waals surface area contributed by atoms with E-state index in [0.717, 1.165) is 0 Å². The third-order valence-electron chi connectivity index (χ3n) is 1.15. The molecule has 70 valence electrons. The van der Waals surface area contributed by atoms with Gasteiger partial charge in [-0.1, -0.05) is 0 Å². The fourth-order valence-corrected chi connectivity index (χ4v) is 0.616. The molecule has 0 aromatic carbocycles. The molecule has 0 aliphatic carbocycles. The van der Waals surface area contributed by atoms with E-state index in [9.17, 15) is 4.79 Å². The zero-order chi connectivity index (χ0) is 9.84. The number of hydrogen-bond donors (Lipinski definition) is 1. The molecule has 0 radical (unpaired) electrons. The van der Waals surface area contributed by atoms with Crippen molar-refractivity contribution in [3.8, 4) is 12.0 Å². The molecule has 0 aliphatic heterocycles. The molecule has 1 aromatic heterocycles. The summed E-state index contributed by atoms with van der Waals surface area (Å²) in [5.74, 6) is -1.68. The van der Waals surface area contributed by atoms with E-state index in [-0.39, 0.29) is 12.0 Å². The summed E-state index contributed by atoms with van der Waals surface area (Å²) >= 11 is 0. The molecule has 0 spiro atoms. The van der Waals surface area contributed by atoms with Crippen molar-refractivity contribution in [2.45, 2.75) is 0 Å². The van der Waals surface area contributed by atoms with Crippen LogP contribution in [0.1, 0.15) is 10.6 Å². The minimum Gasteiger partial charge on any atom is -0.475 e. The van der Waals surface area contributed by atoms with E-state index in [1.54, 1.807) is 0 Å². The zero-order valence-electron chi connectivity index (χ0n) is 7.01. The van der Waals surface area contributed by atoms with Gasteiger partial charge in [0.1, 0.15) is 0 Å². The van der Waals surface area contributed by atoms with Crippen LogP contribution in [-0.2, 0) is 0 Å². The molecule has 1 rings (SSSR count). The second-order valence-corrected chi connectivity index (χ2v) is 1.94. The number of nitrogens with zero attached hydrogens (tertiary/aromatic N) is 3. The molecule has 0 fully saturated rings. The monoisotopic (exact) mass is 185 g/mol. The topological polar surface area (TPSA) is 94.4 Å². The molecule has 1 heterocycles. The maximum absolute atomic E-state index is 10.5. The highest BCUT2D eigenvalue weighted by molar-refractivity contribution is 5.83. The Morgan fingerprint density at radius 1 is 1.15 bits per heavy atom. The fourth-order valence-electron chi connectivity index (χ4n) is 0.616. The Bertz CT molecular complexity index is 305. The lowest BCUT2D eigenvalue weighted by Crippen LogP contribution is -2.08. The Labute approximate surface area is 73.4 Å². The molecule has 0 bridgehead atoms. The van der Waals surface area contributed by atoms with Crippen LogP contribution in [0.25, 0.3) is 0 Å². The van der Waals surface area contributed by atoms with Gasteiger partial charge in [-0.25, -0.2) is 4.79 Å². The minimum atomic E-state index is -1.26. The number of rotatable bonds is 3. The van der Waals surface area contributed by atoms with E-state index in [1.807, 2.05) is 0 Å². The summed E-state index contributed by atoms with van der Waals surface area (Å²) in [6, 6.07) is -0.187. The molecule has 0 atom stereocenters. The lowest BCUT2D eigenvalue weighted by Gasteiger charge is -2.01. The number of aromatic carboxylic acids is 1. The highest BCUT2D eigenvalue weighted by Crippen LogP contribution is 2.08. The number of carboxylic acid groups (broad SMARTS) is 1. The average Bonchev–Trinajstić information content (AvgIpc) is 2.16. The lowest BCUT2D eigenvalue weighted by atomic mass is 10.6. The predicted molar refractivity (Wildman–Crippen MR) is 39.9 cm³/mol. The van der Waals surface area contributed by atoms with Gasteiger partial charge in [-0.3, -0.25) is 0 Å². The van der Waals surface area contributed by atoms with Gasteiger partial charge in [0.25, 0.3) is 0 Å². The first-order valence-electron chi connectivity index (χ1n) is 3.24. The van der Waals surface area contributed by atoms with Crippen molar-refractivity contribution in [2.24, 2.45) is 0 Å². The van der Waals surface area contributed by atoms with Crippen molar-refractivity contribution in [1.29, 1.82) is 0 Å². The van der Waals surface area contributed by atoms with Crippen molar-refractivity contribution in [1.82, 2.24) is 15.0 Å². The van der Waals surface area contributed by atoms with Gasteiger partial charge < -0.3 is 14.6 Å². The van der Waals surface area contributed by atoms with Gasteiger partial charge in [-0.05, 0) is 0 Å². The molecule has 7 heteroatoms. The normalized spacial score (nSPS) is 9.38. The van der Waals surface area contributed by atoms with E-state index in [0.29, 0.717) is 0 Å². The average molecular weight is 185 g/mol. The maximum atomic E-state index is 10.5. The van der Waals surface area contributed by atoms with Gasteiger partial charge in [-0.2, -0.15) is 9.97 Å². The van der Waals surface area contributed by atoms with Crippen LogP contribution in [0.3, 0.4) is 0 Å². The molecule has 1 N–H and O–H groups in total. The second kappa shape index (κ2) is 3.65. The largest absolute Gasteiger partial charge is 0.475 e. The fraction of sp³-hybridized carbons (Fsp3) is 0.333. The number of ether oxygens (including phenoxy) is 2. The number of hydrogen-bond acceptors (Lipinski definition) is 6. The highest BCUT2D eigenvalue weighted by atomic mass is 16.5. The van der Waals surface area contributed by atoms with E-state index in [4.69, 9.17) is 5.11 Å². The summed E-state index contributed by atoms with van der Waals surface area (Å²) < 4.78 is 9.28. The van der Waals surface area contributed by atoms with Crippen LogP contribution >= 0.6 is 0 Å². The van der Waals surface area contributed by atoms with Crippen LogP contribution in [-0.4, -0.2) is 40.2 Å². The molecule has 0 saturated heterocycles. The van der Waals surface area contributed by atoms with Gasteiger partial charge >= 0.3 is 18.0 Å². The minimum absolute atomic E-state index is 0.0933. The van der Waals surface area contributed by atoms with Crippen LogP contribution < -0.4 is 9.47 Å². The third-order valence-corrected chi connectivity index (χ3v) is 1.15. The highest BCUT2D eigenvalue weighted by Gasteiger charge is 2.12. The smallest absolute Gasteiger partial charge is 0.374 e. The van der Waals surface area contributed by atoms with Crippen LogP contribution in [0.2, 0.25) is 0 Å². The Balaban J connectivity index is 3.14. The molecule has 0 aliphatic rings. The third kappa shape index (κ3) is 2.01. The Morgan fingerprint density at radius 3 is 1.92 bits per heavy atom. The molecular weight excluding hydrogens is 178 g/mol. The first kappa shape index (κ1) is 9.17. The quantitative estimate of drug-likeness (QED) is 0.683. The van der Waals surface area contributed by atoms with Crippen molar-refractivity contribution >= 4 is 5.97 Å². The summed E-state index contributed by atoms with van der Waals surface area (Å²) in [6.45, 7) is 0. The Kier molecular flexibility index (Phi) is 2.58. The number of carbonyl (C=O) groups is 1. The molecule has 0 unspecified atom stereocenters. The van der Waals surface area contributed by atoms with Gasteiger partial charge in [0.05, 0.1) is 14.2 Å². The molecule has 0 amide bonds. The SMILES string of the molecule is COc1nc(OC)nc(C(=O)O)n1. The second-order valence-electron chi connectivity index (χ2n) is 1.94. The summed E-state index contributed by atoms with van der Waals surface area (Å²) in [5.41, 5.74) is 0. The molecule has 1 aromatic rings. The van der Waals surface area contributed by atoms with Crippen molar-refractivity contribution in [2.75, 3.05) is 14.2 Å². The lowest BCUT2D eigenvalue weighted by molar-refractivity contribution is 0.0680. The van der Waals surface area contributed by atoms with Crippen molar-refractivity contribution in [3.63, 3.8) is 0 Å². The maximum Gasteiger partial charge on any atom is 0.374 e. The van der Waals surface area contributed by atoms with Crippen molar-refractivity contribution < 1.29 is 19.4 Å². The van der Waals surface area contributed by atoms with Gasteiger partial charge in [-0.15, -0.1) is 4.98 Å². The summed E-state index contributed by atoms with van der Waals surface area (Å²) in [6.07, 6.45) is 0. The van der Waals surface area contributed by atoms with Crippen molar-refractivity contribution in [3.05, 3.63) is 5.82 Å². The Morgan fingerprint density at radius 2 is 1.62 bits per heavy atom. The van der Waals surface area contributed by atoms with E-state index < -0.39 is 11.8 Å². The van der Waals surface area contributed by atoms with Crippen LogP contribution in [0.15, 0.2) is 0 Å². The number of methoxy groups -OCH3 is 2. The summed E-state index contributed by atoms with van der Waals surface area (Å²) in [4.78, 5) is 21.0. The Hall–Kier alpha value is -1.92. The first-order valence-corrected chi connectivity index (χ1v) is 3.24. The molecule has 7 nitrogen and oxygen atoms in total. The van der Waals surface area contributed by atoms with Gasteiger partial charge in [0.15, 0.2) is 0 Å². The number of carboxylic acids is 1. The molecular formula is C6H7N3O4. The van der Waals surface area contributed by atoms with E-state index in [1.165, 1.54) is 14.2 Å². The molecule has 13 heavy (non-hydrogen) atoms. The van der Waals surface area contributed by atoms with Gasteiger partial charge in [0.2, 0.25) is 5.82 Å². The summed E-state index contributed by atoms with van der Waals surface area (Å²) in [7, 11) is 2.64. The van der Waals surface area contributed by atoms with Crippen LogP contribution in [0, 0.1) is 0 Å².